The maximum atomic E-state index is 12.0. The fourth-order valence-corrected chi connectivity index (χ4v) is 3.24. The minimum atomic E-state index is -0.843. The van der Waals surface area contributed by atoms with Gasteiger partial charge in [-0.05, 0) is 19.3 Å². The molecule has 186 valence electrons. The molecule has 5 amide bonds. The molecule has 2 unspecified atom stereocenters. The van der Waals surface area contributed by atoms with Crippen molar-refractivity contribution in [1.29, 1.82) is 0 Å². The van der Waals surface area contributed by atoms with E-state index in [0.29, 0.717) is 12.8 Å². The van der Waals surface area contributed by atoms with E-state index in [4.69, 9.17) is 0 Å². The molecule has 0 saturated carbocycles. The smallest absolute Gasteiger partial charge is 0.239 e. The van der Waals surface area contributed by atoms with Gasteiger partial charge in [-0.3, -0.25) is 28.8 Å². The highest BCUT2D eigenvalue weighted by Crippen LogP contribution is 2.29. The van der Waals surface area contributed by atoms with Gasteiger partial charge < -0.3 is 31.3 Å². The van der Waals surface area contributed by atoms with Crippen molar-refractivity contribution in [2.24, 2.45) is 11.8 Å². The molecule has 0 aliphatic carbocycles. The van der Waals surface area contributed by atoms with Crippen LogP contribution in [0.3, 0.4) is 0 Å². The van der Waals surface area contributed by atoms with E-state index in [1.54, 1.807) is 0 Å². The third-order valence-electron chi connectivity index (χ3n) is 5.23. The Kier molecular flexibility index (Phi) is 12.0. The lowest BCUT2D eigenvalue weighted by Gasteiger charge is -2.25. The number of carbonyl (C=O) groups is 6. The van der Waals surface area contributed by atoms with Crippen molar-refractivity contribution < 1.29 is 33.9 Å². The van der Waals surface area contributed by atoms with E-state index >= 15 is 0 Å². The molecule has 0 aromatic heterocycles. The summed E-state index contributed by atoms with van der Waals surface area (Å²) in [5, 5.41) is 19.8. The van der Waals surface area contributed by atoms with Crippen LogP contribution in [-0.4, -0.2) is 84.3 Å². The molecule has 0 radical (unpaired) electrons. The molecule has 1 aliphatic rings. The number of aliphatic hydroxyl groups excluding tert-OH is 1. The fourth-order valence-electron chi connectivity index (χ4n) is 3.24. The van der Waals surface area contributed by atoms with Crippen molar-refractivity contribution in [1.82, 2.24) is 26.2 Å². The Morgan fingerprint density at radius 1 is 0.909 bits per heavy atom. The molecule has 1 heterocycles. The Labute approximate surface area is 193 Å². The first-order valence-electron chi connectivity index (χ1n) is 11.0. The van der Waals surface area contributed by atoms with Gasteiger partial charge >= 0.3 is 0 Å². The number of hydrogen-bond donors (Lipinski definition) is 5. The van der Waals surface area contributed by atoms with Crippen molar-refractivity contribution in [3.05, 3.63) is 0 Å². The van der Waals surface area contributed by atoms with Gasteiger partial charge in [0.1, 0.15) is 12.0 Å². The van der Waals surface area contributed by atoms with Crippen LogP contribution in [-0.2, 0) is 28.8 Å². The zero-order chi connectivity index (χ0) is 25.0. The second-order valence-corrected chi connectivity index (χ2v) is 8.35. The number of ketones is 1. The van der Waals surface area contributed by atoms with Crippen LogP contribution in [0, 0.1) is 11.8 Å². The third-order valence-corrected chi connectivity index (χ3v) is 5.23. The van der Waals surface area contributed by atoms with E-state index in [0.717, 1.165) is 0 Å². The van der Waals surface area contributed by atoms with E-state index < -0.39 is 29.9 Å². The molecule has 1 rings (SSSR count). The van der Waals surface area contributed by atoms with Gasteiger partial charge in [-0.25, -0.2) is 0 Å². The molecule has 1 aliphatic heterocycles. The van der Waals surface area contributed by atoms with E-state index in [2.05, 4.69) is 21.3 Å². The molecule has 33 heavy (non-hydrogen) atoms. The van der Waals surface area contributed by atoms with Crippen LogP contribution < -0.4 is 21.3 Å². The van der Waals surface area contributed by atoms with Gasteiger partial charge in [0.15, 0.2) is 0 Å². The second-order valence-electron chi connectivity index (χ2n) is 8.35. The monoisotopic (exact) mass is 469 g/mol. The fraction of sp³-hybridized carbons (Fsp3) is 0.714. The Bertz CT molecular complexity index is 741. The Morgan fingerprint density at radius 3 is 1.91 bits per heavy atom. The van der Waals surface area contributed by atoms with Crippen molar-refractivity contribution in [2.45, 2.75) is 52.7 Å². The van der Waals surface area contributed by atoms with Gasteiger partial charge in [-0.15, -0.1) is 0 Å². The van der Waals surface area contributed by atoms with Gasteiger partial charge in [0, 0.05) is 38.3 Å². The summed E-state index contributed by atoms with van der Waals surface area (Å²) in [4.78, 5) is 71.0. The van der Waals surface area contributed by atoms with Crippen molar-refractivity contribution in [2.75, 3.05) is 32.7 Å². The summed E-state index contributed by atoms with van der Waals surface area (Å²) in [5.41, 5.74) is 0. The molecular formula is C21H35N5O7. The van der Waals surface area contributed by atoms with Gasteiger partial charge in [0.05, 0.1) is 19.6 Å². The number of hydrogen-bond acceptors (Lipinski definition) is 7. The Hall–Kier alpha value is -3.02. The van der Waals surface area contributed by atoms with Crippen LogP contribution in [0.25, 0.3) is 0 Å². The quantitative estimate of drug-likeness (QED) is 0.196. The summed E-state index contributed by atoms with van der Waals surface area (Å²) >= 11 is 0. The van der Waals surface area contributed by atoms with Gasteiger partial charge in [0.25, 0.3) is 0 Å². The first-order valence-corrected chi connectivity index (χ1v) is 11.0. The lowest BCUT2D eigenvalue weighted by Crippen LogP contribution is -2.44. The Morgan fingerprint density at radius 2 is 1.42 bits per heavy atom. The van der Waals surface area contributed by atoms with E-state index in [1.807, 2.05) is 13.8 Å². The number of nitrogens with zero attached hydrogens (tertiary/aromatic N) is 1. The zero-order valence-corrected chi connectivity index (χ0v) is 19.4. The van der Waals surface area contributed by atoms with Crippen molar-refractivity contribution >= 4 is 35.3 Å². The van der Waals surface area contributed by atoms with Crippen LogP contribution in [0.2, 0.25) is 0 Å². The average Bonchev–Trinajstić information content (AvgIpc) is 3.03. The summed E-state index contributed by atoms with van der Waals surface area (Å²) in [6, 6.07) is 0. The molecule has 12 heteroatoms. The summed E-state index contributed by atoms with van der Waals surface area (Å²) < 4.78 is 0. The number of rotatable bonds is 14. The number of Topliss-reactive ketones (excluding diaryl/α,β-unsaturated/α-hetero) is 1. The summed E-state index contributed by atoms with van der Waals surface area (Å²) in [5.74, 6) is -2.13. The first-order chi connectivity index (χ1) is 15.5. The number of carbonyl (C=O) groups excluding carboxylic acids is 6. The minimum Gasteiger partial charge on any atom is -0.373 e. The molecule has 2 atom stereocenters. The third kappa shape index (κ3) is 10.9. The van der Waals surface area contributed by atoms with Crippen LogP contribution in [0.15, 0.2) is 0 Å². The largest absolute Gasteiger partial charge is 0.373 e. The normalized spacial score (nSPS) is 17.6. The molecule has 0 aromatic carbocycles. The highest BCUT2D eigenvalue weighted by Gasteiger charge is 2.39. The minimum absolute atomic E-state index is 0.0607. The standard InChI is InChI=1S/C21H35N5O7/c1-13(2)15-9-20(32)26(21(15)33)8-4-5-16(28)23-11-18(30)25-12-19(31)24-10-17(29)22-7-6-14(3)27/h13,15,21,33H,4-12H2,1-3H3,(H,22,29)(H,23,28)(H,24,31)(H,25,30). The molecule has 12 nitrogen and oxygen atoms in total. The van der Waals surface area contributed by atoms with Crippen LogP contribution in [0.5, 0.6) is 0 Å². The molecular weight excluding hydrogens is 434 g/mol. The van der Waals surface area contributed by atoms with E-state index in [-0.39, 0.29) is 69.1 Å². The predicted octanol–water partition coefficient (Wildman–Crippen LogP) is -1.97. The second kappa shape index (κ2) is 14.2. The highest BCUT2D eigenvalue weighted by atomic mass is 16.3. The van der Waals surface area contributed by atoms with Gasteiger partial charge in [-0.1, -0.05) is 13.8 Å². The lowest BCUT2D eigenvalue weighted by atomic mass is 9.94. The number of likely N-dealkylation sites (tertiary alicyclic amines) is 1. The van der Waals surface area contributed by atoms with Crippen molar-refractivity contribution in [3.63, 3.8) is 0 Å². The van der Waals surface area contributed by atoms with Crippen LogP contribution in [0.1, 0.15) is 46.5 Å². The molecule has 0 aromatic rings. The maximum Gasteiger partial charge on any atom is 0.239 e. The molecule has 5 N–H and O–H groups in total. The van der Waals surface area contributed by atoms with Crippen molar-refractivity contribution in [3.8, 4) is 0 Å². The van der Waals surface area contributed by atoms with Gasteiger partial charge in [0.2, 0.25) is 29.5 Å². The SMILES string of the molecule is CC(=O)CCNC(=O)CNC(=O)CNC(=O)CNC(=O)CCCN1C(=O)CC(C(C)C)C1O. The summed E-state index contributed by atoms with van der Waals surface area (Å²) in [6.07, 6.45) is 0.0822. The number of aliphatic hydroxyl groups is 1. The maximum absolute atomic E-state index is 12.0. The summed E-state index contributed by atoms with van der Waals surface area (Å²) in [6.45, 7) is 4.78. The number of nitrogens with one attached hydrogen (secondary N) is 4. The molecule has 0 bridgehead atoms. The van der Waals surface area contributed by atoms with Gasteiger partial charge in [-0.2, -0.15) is 0 Å². The van der Waals surface area contributed by atoms with E-state index in [1.165, 1.54) is 11.8 Å². The molecule has 1 saturated heterocycles. The summed E-state index contributed by atoms with van der Waals surface area (Å²) in [7, 11) is 0. The Balaban J connectivity index is 2.15. The number of amides is 5. The van der Waals surface area contributed by atoms with Crippen LogP contribution >= 0.6 is 0 Å². The average molecular weight is 470 g/mol. The van der Waals surface area contributed by atoms with E-state index in [9.17, 15) is 33.9 Å². The van der Waals surface area contributed by atoms with Crippen LogP contribution in [0.4, 0.5) is 0 Å². The molecule has 0 spiro atoms. The first kappa shape index (κ1) is 28.0. The zero-order valence-electron chi connectivity index (χ0n) is 19.4. The topological polar surface area (TPSA) is 174 Å². The highest BCUT2D eigenvalue weighted by molar-refractivity contribution is 5.90. The molecule has 1 fully saturated rings. The lowest BCUT2D eigenvalue weighted by molar-refractivity contribution is -0.134. The predicted molar refractivity (Wildman–Crippen MR) is 117 cm³/mol.